The molecule has 3 heteroatoms. The number of hydrogen-bond donors (Lipinski definition) is 1. The Kier molecular flexibility index (Phi) is 8.00. The molecule has 1 aromatic carbocycles. The van der Waals surface area contributed by atoms with Crippen molar-refractivity contribution in [1.82, 2.24) is 0 Å². The molecule has 30 heavy (non-hydrogen) atoms. The zero-order valence-electron chi connectivity index (χ0n) is 18.9. The Morgan fingerprint density at radius 1 is 0.767 bits per heavy atom. The summed E-state index contributed by atoms with van der Waals surface area (Å²) in [5.41, 5.74) is 5.84. The molecule has 0 unspecified atom stereocenters. The van der Waals surface area contributed by atoms with E-state index < -0.39 is 5.97 Å². The zero-order chi connectivity index (χ0) is 20.9. The monoisotopic (exact) mass is 516 g/mol. The molecule has 0 aromatic heterocycles. The van der Waals surface area contributed by atoms with Gasteiger partial charge in [0.05, 0.1) is 0 Å². The quantitative estimate of drug-likeness (QED) is 0.358. The SMILES string of the molecule is O=C(O)[C]([SnH3])=C(c1cccc(C2CCCCC2)c1C1CCCCC1)C1CCCCC1. The molecule has 164 valence electrons. The summed E-state index contributed by atoms with van der Waals surface area (Å²) in [6.07, 6.45) is 19.6. The van der Waals surface area contributed by atoms with Crippen LogP contribution >= 0.6 is 0 Å². The molecule has 0 saturated heterocycles. The van der Waals surface area contributed by atoms with Crippen LogP contribution in [0.25, 0.3) is 5.57 Å². The number of carbonyl (C=O) groups is 1. The second kappa shape index (κ2) is 10.7. The van der Waals surface area contributed by atoms with E-state index in [9.17, 15) is 9.90 Å². The van der Waals surface area contributed by atoms with E-state index in [4.69, 9.17) is 0 Å². The van der Waals surface area contributed by atoms with E-state index in [1.54, 1.807) is 11.1 Å². The molecular formula is C27H40O2Sn. The molecule has 4 rings (SSSR count). The van der Waals surface area contributed by atoms with Gasteiger partial charge in [0.2, 0.25) is 0 Å². The van der Waals surface area contributed by atoms with Gasteiger partial charge in [-0.2, -0.15) is 0 Å². The minimum atomic E-state index is -0.635. The Morgan fingerprint density at radius 3 is 1.87 bits per heavy atom. The van der Waals surface area contributed by atoms with Gasteiger partial charge in [-0.05, 0) is 0 Å². The average molecular weight is 515 g/mol. The number of carboxylic acid groups (broad SMARTS) is 1. The third kappa shape index (κ3) is 5.00. The van der Waals surface area contributed by atoms with Gasteiger partial charge in [0.25, 0.3) is 0 Å². The van der Waals surface area contributed by atoms with Crippen molar-refractivity contribution in [2.24, 2.45) is 5.92 Å². The van der Waals surface area contributed by atoms with E-state index in [0.29, 0.717) is 17.8 Å². The van der Waals surface area contributed by atoms with Crippen molar-refractivity contribution in [3.05, 3.63) is 38.5 Å². The van der Waals surface area contributed by atoms with Gasteiger partial charge < -0.3 is 0 Å². The van der Waals surface area contributed by atoms with Crippen LogP contribution in [0.2, 0.25) is 0 Å². The molecule has 3 aliphatic rings. The van der Waals surface area contributed by atoms with E-state index >= 15 is 0 Å². The van der Waals surface area contributed by atoms with Crippen LogP contribution in [0, 0.1) is 5.92 Å². The first kappa shape index (κ1) is 22.4. The summed E-state index contributed by atoms with van der Waals surface area (Å²) in [5, 5.41) is 10.1. The average Bonchev–Trinajstić information content (AvgIpc) is 2.81. The van der Waals surface area contributed by atoms with Crippen LogP contribution < -0.4 is 0 Å². The molecule has 3 aliphatic carbocycles. The Balaban J connectivity index is 1.85. The van der Waals surface area contributed by atoms with Gasteiger partial charge >= 0.3 is 197 Å². The Labute approximate surface area is 196 Å². The first-order valence-electron chi connectivity index (χ1n) is 12.7. The summed E-state index contributed by atoms with van der Waals surface area (Å²) < 4.78 is 0.807. The van der Waals surface area contributed by atoms with Crippen molar-refractivity contribution < 1.29 is 9.90 Å². The third-order valence-corrected chi connectivity index (χ3v) is 11.0. The molecule has 3 saturated carbocycles. The summed E-state index contributed by atoms with van der Waals surface area (Å²) in [4.78, 5) is 12.2. The van der Waals surface area contributed by atoms with Gasteiger partial charge in [0, 0.05) is 0 Å². The molecule has 0 bridgehead atoms. The summed E-state index contributed by atoms with van der Waals surface area (Å²) in [5.74, 6) is 1.17. The van der Waals surface area contributed by atoms with Crippen LogP contribution in [0.15, 0.2) is 21.8 Å². The van der Waals surface area contributed by atoms with Gasteiger partial charge in [-0.1, -0.05) is 0 Å². The van der Waals surface area contributed by atoms with Gasteiger partial charge in [-0.3, -0.25) is 0 Å². The van der Waals surface area contributed by atoms with E-state index in [-0.39, 0.29) is 22.5 Å². The first-order valence-corrected chi connectivity index (χ1v) is 15.6. The Bertz CT molecular complexity index is 763. The van der Waals surface area contributed by atoms with Gasteiger partial charge in [-0.15, -0.1) is 0 Å². The van der Waals surface area contributed by atoms with Crippen molar-refractivity contribution in [3.63, 3.8) is 0 Å². The number of hydrogen-bond acceptors (Lipinski definition) is 1. The number of rotatable bonds is 5. The maximum absolute atomic E-state index is 12.2. The van der Waals surface area contributed by atoms with E-state index in [2.05, 4.69) is 18.2 Å². The molecule has 1 aromatic rings. The molecule has 0 amide bonds. The minimum absolute atomic E-state index is 0.0102. The molecule has 3 fully saturated rings. The Hall–Kier alpha value is -0.771. The standard InChI is InChI=1S/C27H37O2.Sn.3H/c28-26(29)19-25(21-13-6-2-7-14-21)24-18-10-17-23(20-11-4-1-5-12-20)27(24)22-15-8-3-9-16-22;;;;/h10,17-18,20-22H,1-9,11-16H2,(H,28,29);;;;. The van der Waals surface area contributed by atoms with Crippen LogP contribution in [0.5, 0.6) is 0 Å². The van der Waals surface area contributed by atoms with Gasteiger partial charge in [0.15, 0.2) is 0 Å². The van der Waals surface area contributed by atoms with Crippen LogP contribution in [0.1, 0.15) is 125 Å². The van der Waals surface area contributed by atoms with Crippen molar-refractivity contribution >= 4 is 34.1 Å². The second-order valence-corrected chi connectivity index (χ2v) is 13.0. The van der Waals surface area contributed by atoms with E-state index in [0.717, 1.165) is 3.59 Å². The topological polar surface area (TPSA) is 37.3 Å². The van der Waals surface area contributed by atoms with Crippen LogP contribution in [-0.4, -0.2) is 33.6 Å². The fourth-order valence-electron chi connectivity index (χ4n) is 6.67. The van der Waals surface area contributed by atoms with E-state index in [1.165, 1.54) is 107 Å². The van der Waals surface area contributed by atoms with Crippen molar-refractivity contribution in [3.8, 4) is 0 Å². The molecule has 2 nitrogen and oxygen atoms in total. The van der Waals surface area contributed by atoms with Crippen molar-refractivity contribution in [1.29, 1.82) is 0 Å². The third-order valence-electron chi connectivity index (χ3n) is 8.23. The van der Waals surface area contributed by atoms with E-state index in [1.807, 2.05) is 0 Å². The first-order chi connectivity index (χ1) is 14.7. The molecule has 1 N–H and O–H groups in total. The Morgan fingerprint density at radius 2 is 1.30 bits per heavy atom. The number of carboxylic acids is 1. The van der Waals surface area contributed by atoms with Crippen LogP contribution in [-0.2, 0) is 4.79 Å². The second-order valence-electron chi connectivity index (χ2n) is 10.2. The molecule has 0 spiro atoms. The molecule has 0 aliphatic heterocycles. The molecule has 0 atom stereocenters. The summed E-state index contributed by atoms with van der Waals surface area (Å²) in [7, 11) is 0. The molecule has 0 heterocycles. The number of aliphatic carboxylic acids is 1. The summed E-state index contributed by atoms with van der Waals surface area (Å²) in [6.45, 7) is 0. The van der Waals surface area contributed by atoms with Crippen LogP contribution in [0.4, 0.5) is 0 Å². The van der Waals surface area contributed by atoms with Crippen molar-refractivity contribution in [2.75, 3.05) is 0 Å². The maximum atomic E-state index is 12.2. The zero-order valence-corrected chi connectivity index (χ0v) is 24.6. The number of allylic oxidation sites excluding steroid dienone is 1. The van der Waals surface area contributed by atoms with Crippen molar-refractivity contribution in [2.45, 2.75) is 108 Å². The number of benzene rings is 1. The normalized spacial score (nSPS) is 23.3. The summed E-state index contributed by atoms with van der Waals surface area (Å²) in [6, 6.07) is 7.00. The molecular weight excluding hydrogens is 475 g/mol. The van der Waals surface area contributed by atoms with Crippen LogP contribution in [0.3, 0.4) is 0 Å². The van der Waals surface area contributed by atoms with Gasteiger partial charge in [0.1, 0.15) is 0 Å². The predicted molar refractivity (Wildman–Crippen MR) is 129 cm³/mol. The predicted octanol–water partition coefficient (Wildman–Crippen LogP) is 6.52. The fraction of sp³-hybridized carbons (Fsp3) is 0.667. The molecule has 0 radical (unpaired) electrons. The summed E-state index contributed by atoms with van der Waals surface area (Å²) >= 11 is -0.0102. The van der Waals surface area contributed by atoms with Gasteiger partial charge in [-0.25, -0.2) is 0 Å². The fourth-order valence-corrected chi connectivity index (χ4v) is 8.60.